The molecule has 1 aromatic heterocycles. The minimum absolute atomic E-state index is 0.123. The first kappa shape index (κ1) is 12.7. The van der Waals surface area contributed by atoms with E-state index in [0.717, 1.165) is 24.8 Å². The topological polar surface area (TPSA) is 74.7 Å². The number of aromatic nitrogens is 1. The summed E-state index contributed by atoms with van der Waals surface area (Å²) in [7, 11) is 0. The molecular weight excluding hydrogens is 228 g/mol. The molecule has 0 spiro atoms. The molecule has 0 amide bonds. The minimum atomic E-state index is 0.123. The number of amidine groups is 1. The van der Waals surface area contributed by atoms with Crippen molar-refractivity contribution in [2.75, 3.05) is 18.0 Å². The molecule has 0 bridgehead atoms. The summed E-state index contributed by atoms with van der Waals surface area (Å²) in [5.74, 6) is 2.45. The summed E-state index contributed by atoms with van der Waals surface area (Å²) in [6, 6.07) is 3.62. The van der Waals surface area contributed by atoms with Crippen LogP contribution < -0.4 is 10.6 Å². The molecular formula is C13H20N4O. The predicted molar refractivity (Wildman–Crippen MR) is 71.9 cm³/mol. The van der Waals surface area contributed by atoms with E-state index in [1.165, 1.54) is 6.42 Å². The van der Waals surface area contributed by atoms with Gasteiger partial charge in [0.15, 0.2) is 5.84 Å². The van der Waals surface area contributed by atoms with E-state index in [9.17, 15) is 0 Å². The van der Waals surface area contributed by atoms with E-state index in [-0.39, 0.29) is 5.84 Å². The average Bonchev–Trinajstić information content (AvgIpc) is 2.88. The Morgan fingerprint density at radius 1 is 1.61 bits per heavy atom. The maximum absolute atomic E-state index is 8.69. The lowest BCUT2D eigenvalue weighted by Gasteiger charge is -2.19. The van der Waals surface area contributed by atoms with Crippen LogP contribution in [0.2, 0.25) is 0 Å². The number of hydrogen-bond acceptors (Lipinski definition) is 4. The van der Waals surface area contributed by atoms with Gasteiger partial charge in [0.05, 0.1) is 0 Å². The van der Waals surface area contributed by atoms with Crippen LogP contribution in [0.15, 0.2) is 23.5 Å². The molecule has 0 aromatic carbocycles. The van der Waals surface area contributed by atoms with Crippen molar-refractivity contribution in [3.05, 3.63) is 23.9 Å². The Kier molecular flexibility index (Phi) is 3.69. The van der Waals surface area contributed by atoms with E-state index < -0.39 is 0 Å². The highest BCUT2D eigenvalue weighted by molar-refractivity contribution is 5.97. The molecule has 98 valence electrons. The van der Waals surface area contributed by atoms with E-state index in [2.05, 4.69) is 28.9 Å². The van der Waals surface area contributed by atoms with Crippen LogP contribution in [-0.2, 0) is 0 Å². The molecule has 1 aliphatic rings. The molecule has 1 aromatic rings. The number of nitrogens with zero attached hydrogens (tertiary/aromatic N) is 3. The maximum atomic E-state index is 8.69. The summed E-state index contributed by atoms with van der Waals surface area (Å²) >= 11 is 0. The molecule has 1 atom stereocenters. The second-order valence-electron chi connectivity index (χ2n) is 5.13. The fourth-order valence-electron chi connectivity index (χ4n) is 2.35. The quantitative estimate of drug-likeness (QED) is 0.369. The summed E-state index contributed by atoms with van der Waals surface area (Å²) in [4.78, 5) is 6.63. The molecule has 0 saturated carbocycles. The highest BCUT2D eigenvalue weighted by Gasteiger charge is 2.25. The molecule has 0 aliphatic carbocycles. The van der Waals surface area contributed by atoms with Crippen molar-refractivity contribution in [2.24, 2.45) is 22.7 Å². The smallest absolute Gasteiger partial charge is 0.170 e. The molecule has 3 N–H and O–H groups in total. The van der Waals surface area contributed by atoms with Crippen molar-refractivity contribution < 1.29 is 5.21 Å². The molecule has 5 heteroatoms. The minimum Gasteiger partial charge on any atom is -0.409 e. The van der Waals surface area contributed by atoms with Gasteiger partial charge in [-0.25, -0.2) is 4.98 Å². The first-order chi connectivity index (χ1) is 8.61. The number of rotatable bonds is 3. The summed E-state index contributed by atoms with van der Waals surface area (Å²) < 4.78 is 0. The molecule has 1 fully saturated rings. The van der Waals surface area contributed by atoms with E-state index in [4.69, 9.17) is 10.9 Å². The largest absolute Gasteiger partial charge is 0.409 e. The van der Waals surface area contributed by atoms with Crippen LogP contribution in [0.5, 0.6) is 0 Å². The number of nitrogens with two attached hydrogens (primary N) is 1. The fraction of sp³-hybridized carbons (Fsp3) is 0.538. The highest BCUT2D eigenvalue weighted by atomic mass is 16.4. The van der Waals surface area contributed by atoms with E-state index in [0.29, 0.717) is 11.5 Å². The van der Waals surface area contributed by atoms with Gasteiger partial charge in [0.25, 0.3) is 0 Å². The Bertz CT molecular complexity index is 444. The lowest BCUT2D eigenvalue weighted by Crippen LogP contribution is -2.23. The zero-order chi connectivity index (χ0) is 13.1. The molecule has 0 radical (unpaired) electrons. The highest BCUT2D eigenvalue weighted by Crippen LogP contribution is 2.27. The first-order valence-electron chi connectivity index (χ1n) is 6.30. The van der Waals surface area contributed by atoms with Crippen molar-refractivity contribution in [1.82, 2.24) is 4.98 Å². The van der Waals surface area contributed by atoms with Crippen molar-refractivity contribution in [3.8, 4) is 0 Å². The van der Waals surface area contributed by atoms with Crippen molar-refractivity contribution in [2.45, 2.75) is 20.3 Å². The summed E-state index contributed by atoms with van der Waals surface area (Å²) in [5.41, 5.74) is 6.30. The molecule has 2 heterocycles. The Labute approximate surface area is 107 Å². The second-order valence-corrected chi connectivity index (χ2v) is 5.13. The Morgan fingerprint density at radius 2 is 2.39 bits per heavy atom. The van der Waals surface area contributed by atoms with Crippen molar-refractivity contribution in [3.63, 3.8) is 0 Å². The van der Waals surface area contributed by atoms with Crippen molar-refractivity contribution in [1.29, 1.82) is 0 Å². The number of hydrogen-bond donors (Lipinski definition) is 2. The zero-order valence-corrected chi connectivity index (χ0v) is 10.9. The predicted octanol–water partition coefficient (Wildman–Crippen LogP) is 1.66. The van der Waals surface area contributed by atoms with Crippen LogP contribution in [0.25, 0.3) is 0 Å². The normalized spacial score (nSPS) is 20.7. The summed E-state index contributed by atoms with van der Waals surface area (Å²) in [6.45, 7) is 6.57. The lowest BCUT2D eigenvalue weighted by molar-refractivity contribution is 0.318. The monoisotopic (exact) mass is 248 g/mol. The number of oxime groups is 1. The zero-order valence-electron chi connectivity index (χ0n) is 10.9. The van der Waals surface area contributed by atoms with Gasteiger partial charge in [0.1, 0.15) is 5.82 Å². The van der Waals surface area contributed by atoms with Gasteiger partial charge in [0.2, 0.25) is 0 Å². The lowest BCUT2D eigenvalue weighted by atomic mass is 9.95. The van der Waals surface area contributed by atoms with E-state index >= 15 is 0 Å². The van der Waals surface area contributed by atoms with Gasteiger partial charge in [0, 0.05) is 24.8 Å². The standard InChI is InChI=1S/C13H20N4O/c1-9(2)11-4-6-17(8-11)12-7-10(3-5-15-12)13(14)16-18/h3,5,7,9,11,18H,4,6,8H2,1-2H3,(H2,14,16). The number of pyridine rings is 1. The first-order valence-corrected chi connectivity index (χ1v) is 6.30. The van der Waals surface area contributed by atoms with E-state index in [1.54, 1.807) is 12.3 Å². The molecule has 2 rings (SSSR count). The number of anilines is 1. The van der Waals surface area contributed by atoms with Crippen LogP contribution in [-0.4, -0.2) is 29.1 Å². The van der Waals surface area contributed by atoms with Gasteiger partial charge >= 0.3 is 0 Å². The Morgan fingerprint density at radius 3 is 3.00 bits per heavy atom. The maximum Gasteiger partial charge on any atom is 0.170 e. The molecule has 1 saturated heterocycles. The summed E-state index contributed by atoms with van der Waals surface area (Å²) in [5, 5.41) is 11.7. The molecule has 1 aliphatic heterocycles. The van der Waals surface area contributed by atoms with E-state index in [1.807, 2.05) is 6.07 Å². The fourth-order valence-corrected chi connectivity index (χ4v) is 2.35. The van der Waals surface area contributed by atoms with Gasteiger partial charge in [-0.05, 0) is 30.4 Å². The SMILES string of the molecule is CC(C)C1CCN(c2cc(/C(N)=N/O)ccn2)C1. The average molecular weight is 248 g/mol. The second kappa shape index (κ2) is 5.25. The third kappa shape index (κ3) is 2.55. The Balaban J connectivity index is 2.15. The van der Waals surface area contributed by atoms with Gasteiger partial charge < -0.3 is 15.8 Å². The van der Waals surface area contributed by atoms with Crippen LogP contribution in [0.1, 0.15) is 25.8 Å². The van der Waals surface area contributed by atoms with Gasteiger partial charge in [-0.15, -0.1) is 0 Å². The van der Waals surface area contributed by atoms with Gasteiger partial charge in [-0.1, -0.05) is 19.0 Å². The Hall–Kier alpha value is -1.78. The molecule has 5 nitrogen and oxygen atoms in total. The summed E-state index contributed by atoms with van der Waals surface area (Å²) in [6.07, 6.45) is 2.90. The van der Waals surface area contributed by atoms with Gasteiger partial charge in [-0.3, -0.25) is 0 Å². The van der Waals surface area contributed by atoms with Crippen molar-refractivity contribution >= 4 is 11.7 Å². The van der Waals surface area contributed by atoms with Gasteiger partial charge in [-0.2, -0.15) is 0 Å². The molecule has 1 unspecified atom stereocenters. The third-order valence-corrected chi connectivity index (χ3v) is 3.64. The third-order valence-electron chi connectivity index (χ3n) is 3.64. The molecule has 18 heavy (non-hydrogen) atoms. The van der Waals surface area contributed by atoms with Crippen LogP contribution in [0.4, 0.5) is 5.82 Å². The van der Waals surface area contributed by atoms with Crippen LogP contribution in [0, 0.1) is 11.8 Å². The van der Waals surface area contributed by atoms with Crippen LogP contribution >= 0.6 is 0 Å². The van der Waals surface area contributed by atoms with Crippen LogP contribution in [0.3, 0.4) is 0 Å².